The summed E-state index contributed by atoms with van der Waals surface area (Å²) in [7, 11) is 0. The molecule has 0 amide bonds. The molecule has 1 saturated carbocycles. The Labute approximate surface area is 124 Å². The molecule has 1 aromatic carbocycles. The van der Waals surface area contributed by atoms with Gasteiger partial charge in [-0.15, -0.1) is 0 Å². The van der Waals surface area contributed by atoms with Gasteiger partial charge in [0.05, 0.1) is 10.3 Å². The highest BCUT2D eigenvalue weighted by atomic mass is 16.6. The van der Waals surface area contributed by atoms with Crippen LogP contribution in [0.5, 0.6) is 0 Å². The van der Waals surface area contributed by atoms with Crippen molar-refractivity contribution in [3.8, 4) is 0 Å². The zero-order chi connectivity index (χ0) is 16.2. The highest BCUT2D eigenvalue weighted by Gasteiger charge is 2.31. The Hall–Kier alpha value is -2.70. The molecule has 0 radical (unpaired) electrons. The molecule has 1 N–H and O–H groups in total. The van der Waals surface area contributed by atoms with Gasteiger partial charge in [0.15, 0.2) is 0 Å². The van der Waals surface area contributed by atoms with Gasteiger partial charge in [0.1, 0.15) is 11.1 Å². The Kier molecular flexibility index (Phi) is 3.01. The monoisotopic (exact) mass is 302 g/mol. The van der Waals surface area contributed by atoms with Crippen molar-refractivity contribution >= 4 is 22.6 Å². The molecule has 1 aliphatic rings. The predicted molar refractivity (Wildman–Crippen MR) is 79.6 cm³/mol. The van der Waals surface area contributed by atoms with Gasteiger partial charge < -0.3 is 9.67 Å². The van der Waals surface area contributed by atoms with Crippen LogP contribution in [0.2, 0.25) is 0 Å². The highest BCUT2D eigenvalue weighted by molar-refractivity contribution is 5.96. The van der Waals surface area contributed by atoms with Crippen molar-refractivity contribution < 1.29 is 14.8 Å². The fourth-order valence-electron chi connectivity index (χ4n) is 2.74. The summed E-state index contributed by atoms with van der Waals surface area (Å²) in [5.41, 5.74) is 0.180. The minimum absolute atomic E-state index is 0.0157. The number of nitro benzene ring substituents is 1. The summed E-state index contributed by atoms with van der Waals surface area (Å²) in [5, 5.41) is 20.8. The molecule has 2 aromatic rings. The molecule has 22 heavy (non-hydrogen) atoms. The summed E-state index contributed by atoms with van der Waals surface area (Å²) >= 11 is 0. The molecular weight excluding hydrogens is 288 g/mol. The molecule has 114 valence electrons. The van der Waals surface area contributed by atoms with Gasteiger partial charge in [-0.2, -0.15) is 0 Å². The van der Waals surface area contributed by atoms with Crippen LogP contribution in [0, 0.1) is 24.0 Å². The van der Waals surface area contributed by atoms with Gasteiger partial charge in [-0.25, -0.2) is 4.79 Å². The van der Waals surface area contributed by atoms with E-state index in [0.717, 1.165) is 12.8 Å². The van der Waals surface area contributed by atoms with Crippen LogP contribution in [-0.4, -0.2) is 20.6 Å². The normalized spacial score (nSPS) is 14.3. The zero-order valence-electron chi connectivity index (χ0n) is 12.1. The molecule has 1 aromatic heterocycles. The van der Waals surface area contributed by atoms with Crippen molar-refractivity contribution in [2.75, 3.05) is 0 Å². The Morgan fingerprint density at radius 2 is 2.05 bits per heavy atom. The van der Waals surface area contributed by atoms with Gasteiger partial charge in [0.2, 0.25) is 5.43 Å². The number of rotatable bonds is 3. The van der Waals surface area contributed by atoms with Gasteiger partial charge in [-0.05, 0) is 38.3 Å². The van der Waals surface area contributed by atoms with Crippen molar-refractivity contribution in [1.82, 2.24) is 4.57 Å². The fourth-order valence-corrected chi connectivity index (χ4v) is 2.74. The van der Waals surface area contributed by atoms with Crippen LogP contribution in [0.3, 0.4) is 0 Å². The molecule has 0 unspecified atom stereocenters. The van der Waals surface area contributed by atoms with E-state index in [1.807, 2.05) is 0 Å². The number of nitrogens with zero attached hydrogens (tertiary/aromatic N) is 2. The van der Waals surface area contributed by atoms with Gasteiger partial charge in [-0.3, -0.25) is 14.9 Å². The van der Waals surface area contributed by atoms with Crippen molar-refractivity contribution in [3.05, 3.63) is 49.3 Å². The number of aromatic carboxylic acids is 1. The number of hydrogen-bond donors (Lipinski definition) is 1. The first-order valence-electron chi connectivity index (χ1n) is 6.89. The summed E-state index contributed by atoms with van der Waals surface area (Å²) in [4.78, 5) is 34.7. The summed E-state index contributed by atoms with van der Waals surface area (Å²) in [6.07, 6.45) is 2.88. The summed E-state index contributed by atoms with van der Waals surface area (Å²) < 4.78 is 1.59. The van der Waals surface area contributed by atoms with Crippen LogP contribution in [-0.2, 0) is 0 Å². The number of benzene rings is 1. The number of carboxylic acid groups (broad SMARTS) is 1. The standard InChI is InChI=1S/C15H14N2O5/c1-7-5-10-13(12(8(7)2)17(21)22)16(9-3-4-9)6-11(14(10)18)15(19)20/h5-6,9H,3-4H2,1-2H3,(H,19,20). The van der Waals surface area contributed by atoms with E-state index in [-0.39, 0.29) is 28.2 Å². The average Bonchev–Trinajstić information content (AvgIpc) is 3.25. The number of carboxylic acids is 1. The van der Waals surface area contributed by atoms with E-state index < -0.39 is 16.3 Å². The van der Waals surface area contributed by atoms with Crippen molar-refractivity contribution in [2.24, 2.45) is 0 Å². The number of fused-ring (bicyclic) bond motifs is 1. The van der Waals surface area contributed by atoms with Crippen molar-refractivity contribution in [2.45, 2.75) is 32.7 Å². The Balaban J connectivity index is 2.57. The van der Waals surface area contributed by atoms with Gasteiger partial charge in [0.25, 0.3) is 5.69 Å². The van der Waals surface area contributed by atoms with E-state index in [0.29, 0.717) is 11.1 Å². The first-order chi connectivity index (χ1) is 10.3. The first-order valence-corrected chi connectivity index (χ1v) is 6.89. The van der Waals surface area contributed by atoms with Gasteiger partial charge in [0, 0.05) is 17.8 Å². The smallest absolute Gasteiger partial charge is 0.341 e. The lowest BCUT2D eigenvalue weighted by Crippen LogP contribution is -2.20. The van der Waals surface area contributed by atoms with Crippen LogP contribution in [0.4, 0.5) is 5.69 Å². The fraction of sp³-hybridized carbons (Fsp3) is 0.333. The third kappa shape index (κ3) is 1.97. The number of pyridine rings is 1. The molecular formula is C15H14N2O5. The number of aromatic nitrogens is 1. The Morgan fingerprint density at radius 3 is 2.55 bits per heavy atom. The van der Waals surface area contributed by atoms with Crippen LogP contribution >= 0.6 is 0 Å². The number of nitro groups is 1. The van der Waals surface area contributed by atoms with E-state index in [9.17, 15) is 24.8 Å². The maximum Gasteiger partial charge on any atom is 0.341 e. The second kappa shape index (κ2) is 4.66. The van der Waals surface area contributed by atoms with Gasteiger partial charge >= 0.3 is 5.97 Å². The largest absolute Gasteiger partial charge is 0.477 e. The minimum Gasteiger partial charge on any atom is -0.477 e. The average molecular weight is 302 g/mol. The molecule has 0 atom stereocenters. The van der Waals surface area contributed by atoms with Crippen LogP contribution in [0.25, 0.3) is 10.9 Å². The van der Waals surface area contributed by atoms with Crippen LogP contribution in [0.15, 0.2) is 17.1 Å². The summed E-state index contributed by atoms with van der Waals surface area (Å²) in [6, 6.07) is 1.56. The Morgan fingerprint density at radius 1 is 1.41 bits per heavy atom. The zero-order valence-corrected chi connectivity index (χ0v) is 12.1. The number of aryl methyl sites for hydroxylation is 1. The maximum absolute atomic E-state index is 12.4. The third-order valence-corrected chi connectivity index (χ3v) is 4.16. The third-order valence-electron chi connectivity index (χ3n) is 4.16. The SMILES string of the molecule is Cc1cc2c(=O)c(C(=O)O)cn(C3CC3)c2c([N+](=O)[O-])c1C. The molecule has 1 fully saturated rings. The molecule has 7 nitrogen and oxygen atoms in total. The topological polar surface area (TPSA) is 102 Å². The van der Waals surface area contributed by atoms with E-state index in [1.165, 1.54) is 6.20 Å². The van der Waals surface area contributed by atoms with Crippen LogP contribution < -0.4 is 5.43 Å². The molecule has 0 saturated heterocycles. The second-order valence-electron chi connectivity index (χ2n) is 5.64. The Bertz CT molecular complexity index is 893. The highest BCUT2D eigenvalue weighted by Crippen LogP contribution is 2.40. The molecule has 7 heteroatoms. The van der Waals surface area contributed by atoms with E-state index in [4.69, 9.17) is 0 Å². The van der Waals surface area contributed by atoms with Crippen molar-refractivity contribution in [3.63, 3.8) is 0 Å². The lowest BCUT2D eigenvalue weighted by Gasteiger charge is -2.14. The predicted octanol–water partition coefficient (Wildman–Crippen LogP) is 2.56. The first kappa shape index (κ1) is 14.2. The molecule has 3 rings (SSSR count). The summed E-state index contributed by atoms with van der Waals surface area (Å²) in [6.45, 7) is 3.32. The van der Waals surface area contributed by atoms with Gasteiger partial charge in [-0.1, -0.05) is 0 Å². The van der Waals surface area contributed by atoms with Crippen molar-refractivity contribution in [1.29, 1.82) is 0 Å². The molecule has 0 spiro atoms. The van der Waals surface area contributed by atoms with Crippen LogP contribution in [0.1, 0.15) is 40.4 Å². The van der Waals surface area contributed by atoms with E-state index in [2.05, 4.69) is 0 Å². The lowest BCUT2D eigenvalue weighted by molar-refractivity contribution is -0.383. The molecule has 0 aliphatic heterocycles. The number of hydrogen-bond acceptors (Lipinski definition) is 4. The molecule has 1 aliphatic carbocycles. The van der Waals surface area contributed by atoms with E-state index in [1.54, 1.807) is 24.5 Å². The molecule has 0 bridgehead atoms. The number of carbonyl (C=O) groups is 1. The minimum atomic E-state index is -1.32. The molecule has 1 heterocycles. The summed E-state index contributed by atoms with van der Waals surface area (Å²) in [5.74, 6) is -1.32. The second-order valence-corrected chi connectivity index (χ2v) is 5.64. The quantitative estimate of drug-likeness (QED) is 0.693. The lowest BCUT2D eigenvalue weighted by atomic mass is 10.0. The maximum atomic E-state index is 12.4. The van der Waals surface area contributed by atoms with E-state index >= 15 is 0 Å².